The molecule has 1 saturated heterocycles. The molecule has 1 fully saturated rings. The average Bonchev–Trinajstić information content (AvgIpc) is 3.18. The van der Waals surface area contributed by atoms with Gasteiger partial charge in [0.15, 0.2) is 5.82 Å². The third-order valence-electron chi connectivity index (χ3n) is 4.43. The molecular weight excluding hydrogens is 389 g/mol. The van der Waals surface area contributed by atoms with E-state index in [0.29, 0.717) is 5.56 Å². The van der Waals surface area contributed by atoms with Crippen molar-refractivity contribution in [3.8, 4) is 5.69 Å². The highest BCUT2D eigenvalue weighted by molar-refractivity contribution is 5.70. The maximum atomic E-state index is 14.4. The molecule has 1 amide bonds. The van der Waals surface area contributed by atoms with E-state index in [0.717, 1.165) is 17.1 Å². The largest absolute Gasteiger partial charge is 0.444 e. The summed E-state index contributed by atoms with van der Waals surface area (Å²) < 4.78 is 52.8. The lowest BCUT2D eigenvalue weighted by molar-refractivity contribution is -0.0626. The van der Waals surface area contributed by atoms with Crippen LogP contribution in [0.4, 0.5) is 18.0 Å². The van der Waals surface area contributed by atoms with Gasteiger partial charge in [0.1, 0.15) is 29.2 Å². The zero-order valence-electron chi connectivity index (χ0n) is 16.8. The summed E-state index contributed by atoms with van der Waals surface area (Å²) in [5.41, 5.74) is -1.39. The Morgan fingerprint density at radius 1 is 1.34 bits per heavy atom. The summed E-state index contributed by atoms with van der Waals surface area (Å²) in [6.45, 7) is 8.81. The zero-order chi connectivity index (χ0) is 21.6. The van der Waals surface area contributed by atoms with E-state index in [4.69, 9.17) is 9.47 Å². The first-order chi connectivity index (χ1) is 13.4. The van der Waals surface area contributed by atoms with Crippen molar-refractivity contribution in [1.82, 2.24) is 19.7 Å². The fourth-order valence-corrected chi connectivity index (χ4v) is 3.19. The summed E-state index contributed by atoms with van der Waals surface area (Å²) in [4.78, 5) is 17.7. The summed E-state index contributed by atoms with van der Waals surface area (Å²) in [6.07, 6.45) is -2.58. The second-order valence-electron chi connectivity index (χ2n) is 8.17. The standard InChI is InChI=1S/C19H23F3N4O3/c1-18(2,3)29-17(27)25-14(9-28-19(25,4)5)11-6-7-12(20)13(8-11)26-16(15(21)22)23-10-24-26/h6-8,10,14-15H,9H2,1-5H3/t14-/m1/s1. The zero-order valence-corrected chi connectivity index (χ0v) is 16.8. The minimum Gasteiger partial charge on any atom is -0.444 e. The van der Waals surface area contributed by atoms with Crippen molar-refractivity contribution in [2.45, 2.75) is 58.4 Å². The van der Waals surface area contributed by atoms with Crippen molar-refractivity contribution in [2.75, 3.05) is 6.61 Å². The molecule has 0 unspecified atom stereocenters. The summed E-state index contributed by atoms with van der Waals surface area (Å²) in [6, 6.07) is 3.38. The minimum absolute atomic E-state index is 0.135. The molecule has 0 N–H and O–H groups in total. The van der Waals surface area contributed by atoms with Crippen LogP contribution < -0.4 is 0 Å². The van der Waals surface area contributed by atoms with Crippen LogP contribution in [0.1, 0.15) is 58.5 Å². The molecular formula is C19H23F3N4O3. The van der Waals surface area contributed by atoms with Crippen LogP contribution in [-0.2, 0) is 9.47 Å². The van der Waals surface area contributed by atoms with E-state index in [1.807, 2.05) is 0 Å². The van der Waals surface area contributed by atoms with Crippen molar-refractivity contribution in [3.05, 3.63) is 41.7 Å². The molecule has 1 aromatic carbocycles. The Labute approximate surface area is 166 Å². The first kappa shape index (κ1) is 21.1. The number of hydrogen-bond acceptors (Lipinski definition) is 5. The SMILES string of the molecule is CC(C)(C)OC(=O)N1[C@@H](c2ccc(F)c(-n3ncnc3C(F)F)c2)COC1(C)C. The van der Waals surface area contributed by atoms with Gasteiger partial charge in [-0.15, -0.1) is 0 Å². The number of amides is 1. The minimum atomic E-state index is -2.92. The Morgan fingerprint density at radius 3 is 2.66 bits per heavy atom. The topological polar surface area (TPSA) is 69.5 Å². The Balaban J connectivity index is 2.01. The highest BCUT2D eigenvalue weighted by Crippen LogP contribution is 2.39. The van der Waals surface area contributed by atoms with Gasteiger partial charge in [0, 0.05) is 0 Å². The Bertz CT molecular complexity index is 908. The Kier molecular flexibility index (Phi) is 5.33. The summed E-state index contributed by atoms with van der Waals surface area (Å²) in [5.74, 6) is -1.42. The van der Waals surface area contributed by atoms with Crippen molar-refractivity contribution in [2.24, 2.45) is 0 Å². The molecule has 3 rings (SSSR count). The van der Waals surface area contributed by atoms with E-state index in [1.165, 1.54) is 17.0 Å². The molecule has 1 aromatic heterocycles. The van der Waals surface area contributed by atoms with Gasteiger partial charge in [-0.05, 0) is 52.3 Å². The van der Waals surface area contributed by atoms with Crippen LogP contribution in [0, 0.1) is 5.82 Å². The van der Waals surface area contributed by atoms with E-state index in [9.17, 15) is 18.0 Å². The smallest absolute Gasteiger partial charge is 0.413 e. The van der Waals surface area contributed by atoms with Crippen molar-refractivity contribution in [3.63, 3.8) is 0 Å². The maximum absolute atomic E-state index is 14.4. The van der Waals surface area contributed by atoms with E-state index < -0.39 is 41.5 Å². The third-order valence-corrected chi connectivity index (χ3v) is 4.43. The van der Waals surface area contributed by atoms with Crippen molar-refractivity contribution in [1.29, 1.82) is 0 Å². The number of alkyl halides is 2. The lowest BCUT2D eigenvalue weighted by atomic mass is 10.0. The quantitative estimate of drug-likeness (QED) is 0.748. The normalized spacial score (nSPS) is 19.1. The number of rotatable bonds is 3. The van der Waals surface area contributed by atoms with Gasteiger partial charge in [0.05, 0.1) is 12.6 Å². The molecule has 0 aliphatic carbocycles. The van der Waals surface area contributed by atoms with Gasteiger partial charge in [0.25, 0.3) is 6.43 Å². The fraction of sp³-hybridized carbons (Fsp3) is 0.526. The number of halogens is 3. The number of benzene rings is 1. The molecule has 1 atom stereocenters. The van der Waals surface area contributed by atoms with E-state index in [-0.39, 0.29) is 12.3 Å². The fourth-order valence-electron chi connectivity index (χ4n) is 3.19. The maximum Gasteiger partial charge on any atom is 0.413 e. The van der Waals surface area contributed by atoms with Gasteiger partial charge < -0.3 is 9.47 Å². The molecule has 1 aliphatic heterocycles. The molecule has 0 bridgehead atoms. The molecule has 7 nitrogen and oxygen atoms in total. The summed E-state index contributed by atoms with van der Waals surface area (Å²) in [5, 5.41) is 3.72. The Morgan fingerprint density at radius 2 is 2.03 bits per heavy atom. The third kappa shape index (κ3) is 4.21. The summed E-state index contributed by atoms with van der Waals surface area (Å²) >= 11 is 0. The van der Waals surface area contributed by atoms with Crippen LogP contribution in [0.15, 0.2) is 24.5 Å². The van der Waals surface area contributed by atoms with Gasteiger partial charge in [0.2, 0.25) is 0 Å². The molecule has 0 radical (unpaired) electrons. The number of carbonyl (C=O) groups is 1. The van der Waals surface area contributed by atoms with Gasteiger partial charge in [-0.25, -0.2) is 27.6 Å². The van der Waals surface area contributed by atoms with Crippen LogP contribution >= 0.6 is 0 Å². The molecule has 1 aliphatic rings. The molecule has 158 valence electrons. The van der Waals surface area contributed by atoms with Crippen molar-refractivity contribution >= 4 is 6.09 Å². The van der Waals surface area contributed by atoms with Gasteiger partial charge >= 0.3 is 6.09 Å². The number of ether oxygens (including phenoxy) is 2. The van der Waals surface area contributed by atoms with Gasteiger partial charge in [-0.1, -0.05) is 6.07 Å². The van der Waals surface area contributed by atoms with E-state index >= 15 is 0 Å². The van der Waals surface area contributed by atoms with E-state index in [1.54, 1.807) is 34.6 Å². The Hall–Kier alpha value is -2.62. The van der Waals surface area contributed by atoms with Crippen molar-refractivity contribution < 1.29 is 27.4 Å². The molecule has 2 aromatic rings. The predicted molar refractivity (Wildman–Crippen MR) is 97.1 cm³/mol. The number of carbonyl (C=O) groups excluding carboxylic acids is 1. The van der Waals surface area contributed by atoms with Gasteiger partial charge in [-0.2, -0.15) is 5.10 Å². The second kappa shape index (κ2) is 7.33. The van der Waals surface area contributed by atoms with Crippen LogP contribution in [0.25, 0.3) is 5.69 Å². The monoisotopic (exact) mass is 412 g/mol. The molecule has 10 heteroatoms. The van der Waals surface area contributed by atoms with Gasteiger partial charge in [-0.3, -0.25) is 4.90 Å². The summed E-state index contributed by atoms with van der Waals surface area (Å²) in [7, 11) is 0. The highest BCUT2D eigenvalue weighted by Gasteiger charge is 2.46. The predicted octanol–water partition coefficient (Wildman–Crippen LogP) is 4.39. The van der Waals surface area contributed by atoms with Crippen LogP contribution in [-0.4, -0.2) is 43.7 Å². The van der Waals surface area contributed by atoms with E-state index in [2.05, 4.69) is 10.1 Å². The van der Waals surface area contributed by atoms with Crippen LogP contribution in [0.3, 0.4) is 0 Å². The number of hydrogen-bond donors (Lipinski definition) is 0. The first-order valence-electron chi connectivity index (χ1n) is 9.05. The second-order valence-corrected chi connectivity index (χ2v) is 8.17. The molecule has 0 saturated carbocycles. The van der Waals surface area contributed by atoms with Crippen LogP contribution in [0.5, 0.6) is 0 Å². The lowest BCUT2D eigenvalue weighted by Crippen LogP contribution is -2.47. The molecule has 29 heavy (non-hydrogen) atoms. The number of nitrogens with zero attached hydrogens (tertiary/aromatic N) is 4. The molecule has 0 spiro atoms. The number of aromatic nitrogens is 3. The highest BCUT2D eigenvalue weighted by atomic mass is 19.3. The lowest BCUT2D eigenvalue weighted by Gasteiger charge is -2.35. The van der Waals surface area contributed by atoms with Crippen LogP contribution in [0.2, 0.25) is 0 Å². The average molecular weight is 412 g/mol. The first-order valence-corrected chi connectivity index (χ1v) is 9.05. The molecule has 2 heterocycles.